The van der Waals surface area contributed by atoms with Crippen LogP contribution in [-0.2, 0) is 11.3 Å². The lowest BCUT2D eigenvalue weighted by molar-refractivity contribution is -0.118. The maximum Gasteiger partial charge on any atom is 0.262 e. The average molecular weight is 341 g/mol. The van der Waals surface area contributed by atoms with Gasteiger partial charge in [0.1, 0.15) is 5.75 Å². The second-order valence-corrected chi connectivity index (χ2v) is 6.05. The van der Waals surface area contributed by atoms with Gasteiger partial charge in [-0.2, -0.15) is 0 Å². The molecular weight excluding hydrogens is 328 g/mol. The Morgan fingerprint density at radius 1 is 1.21 bits per heavy atom. The lowest BCUT2D eigenvalue weighted by atomic mass is 10.1. The fourth-order valence-corrected chi connectivity index (χ4v) is 2.99. The largest absolute Gasteiger partial charge is 0.482 e. The van der Waals surface area contributed by atoms with Crippen molar-refractivity contribution in [2.75, 3.05) is 11.9 Å². The minimum Gasteiger partial charge on any atom is -0.482 e. The van der Waals surface area contributed by atoms with Crippen molar-refractivity contribution >= 4 is 39.9 Å². The maximum atomic E-state index is 12.6. The third kappa shape index (κ3) is 2.63. The first-order chi connectivity index (χ1) is 11.6. The summed E-state index contributed by atoms with van der Waals surface area (Å²) in [5, 5.41) is 4.36. The lowest BCUT2D eigenvalue weighted by Gasteiger charge is -2.18. The van der Waals surface area contributed by atoms with Crippen molar-refractivity contribution in [1.29, 1.82) is 0 Å². The average Bonchev–Trinajstić information content (AvgIpc) is 2.96. The smallest absolute Gasteiger partial charge is 0.262 e. The molecule has 0 bridgehead atoms. The molecule has 0 spiro atoms. The fourth-order valence-electron chi connectivity index (χ4n) is 2.81. The standard InChI is InChI=1S/C18H13ClN2O3/c19-13-2-3-15-11(7-13)5-6-21(15)9-16(22)12-1-4-17-14(8-12)20-18(23)10-24-17/h1-8H,9-10H2,(H,20,23). The number of hydrogen-bond donors (Lipinski definition) is 1. The van der Waals surface area contributed by atoms with E-state index in [0.717, 1.165) is 10.9 Å². The zero-order valence-corrected chi connectivity index (χ0v) is 13.3. The Balaban J connectivity index is 1.62. The molecule has 1 N–H and O–H groups in total. The SMILES string of the molecule is O=C1COc2ccc(C(=O)Cn3ccc4cc(Cl)ccc43)cc2N1. The number of carbonyl (C=O) groups is 2. The highest BCUT2D eigenvalue weighted by molar-refractivity contribution is 6.31. The molecule has 3 aromatic rings. The minimum absolute atomic E-state index is 0.00178. The zero-order chi connectivity index (χ0) is 16.7. The number of fused-ring (bicyclic) bond motifs is 2. The van der Waals surface area contributed by atoms with Crippen LogP contribution in [0.5, 0.6) is 5.75 Å². The van der Waals surface area contributed by atoms with Crippen molar-refractivity contribution in [3.63, 3.8) is 0 Å². The van der Waals surface area contributed by atoms with Crippen LogP contribution >= 0.6 is 11.6 Å². The molecule has 0 radical (unpaired) electrons. The summed E-state index contributed by atoms with van der Waals surface area (Å²) in [6, 6.07) is 12.6. The topological polar surface area (TPSA) is 60.3 Å². The Morgan fingerprint density at radius 3 is 2.96 bits per heavy atom. The maximum absolute atomic E-state index is 12.6. The van der Waals surface area contributed by atoms with E-state index in [4.69, 9.17) is 16.3 Å². The zero-order valence-electron chi connectivity index (χ0n) is 12.6. The number of nitrogens with one attached hydrogen (secondary N) is 1. The molecule has 2 aromatic carbocycles. The number of rotatable bonds is 3. The first-order valence-corrected chi connectivity index (χ1v) is 7.82. The highest BCUT2D eigenvalue weighted by Gasteiger charge is 2.18. The van der Waals surface area contributed by atoms with E-state index in [2.05, 4.69) is 5.32 Å². The van der Waals surface area contributed by atoms with Crippen LogP contribution in [-0.4, -0.2) is 22.9 Å². The van der Waals surface area contributed by atoms with Gasteiger partial charge in [-0.25, -0.2) is 0 Å². The van der Waals surface area contributed by atoms with Gasteiger partial charge in [-0.1, -0.05) is 11.6 Å². The van der Waals surface area contributed by atoms with Gasteiger partial charge in [0.25, 0.3) is 5.91 Å². The summed E-state index contributed by atoms with van der Waals surface area (Å²) >= 11 is 5.99. The van der Waals surface area contributed by atoms with Gasteiger partial charge in [-0.15, -0.1) is 0 Å². The van der Waals surface area contributed by atoms with E-state index in [1.54, 1.807) is 24.3 Å². The van der Waals surface area contributed by atoms with Crippen LogP contribution in [0.25, 0.3) is 10.9 Å². The third-order valence-electron chi connectivity index (χ3n) is 3.98. The second-order valence-electron chi connectivity index (χ2n) is 5.62. The van der Waals surface area contributed by atoms with Crippen LogP contribution in [0, 0.1) is 0 Å². The number of halogens is 1. The molecule has 6 heteroatoms. The van der Waals surface area contributed by atoms with E-state index >= 15 is 0 Å². The van der Waals surface area contributed by atoms with E-state index < -0.39 is 0 Å². The number of ketones is 1. The highest BCUT2D eigenvalue weighted by atomic mass is 35.5. The van der Waals surface area contributed by atoms with Gasteiger partial charge in [0.2, 0.25) is 0 Å². The number of benzene rings is 2. The van der Waals surface area contributed by atoms with Crippen LogP contribution in [0.1, 0.15) is 10.4 Å². The van der Waals surface area contributed by atoms with Crippen LogP contribution in [0.4, 0.5) is 5.69 Å². The molecule has 1 aliphatic rings. The van der Waals surface area contributed by atoms with E-state index in [0.29, 0.717) is 22.0 Å². The fraction of sp³-hybridized carbons (Fsp3) is 0.111. The quantitative estimate of drug-likeness (QED) is 0.742. The number of amides is 1. The van der Waals surface area contributed by atoms with Crippen molar-refractivity contribution in [1.82, 2.24) is 4.57 Å². The van der Waals surface area contributed by atoms with Crippen LogP contribution in [0.2, 0.25) is 5.02 Å². The normalized spacial score (nSPS) is 13.3. The first kappa shape index (κ1) is 14.8. The Labute approximate surface area is 142 Å². The van der Waals surface area contributed by atoms with Gasteiger partial charge >= 0.3 is 0 Å². The summed E-state index contributed by atoms with van der Waals surface area (Å²) in [4.78, 5) is 24.0. The van der Waals surface area contributed by atoms with Gasteiger partial charge < -0.3 is 14.6 Å². The molecule has 0 unspecified atom stereocenters. The molecule has 5 nitrogen and oxygen atoms in total. The van der Waals surface area contributed by atoms with Crippen molar-refractivity contribution in [3.8, 4) is 5.75 Å². The Hall–Kier alpha value is -2.79. The Morgan fingerprint density at radius 2 is 2.08 bits per heavy atom. The third-order valence-corrected chi connectivity index (χ3v) is 4.22. The van der Waals surface area contributed by atoms with Crippen LogP contribution < -0.4 is 10.1 Å². The van der Waals surface area contributed by atoms with E-state index in [-0.39, 0.29) is 24.8 Å². The predicted octanol–water partition coefficient (Wildman–Crippen LogP) is 3.51. The molecular formula is C18H13ClN2O3. The number of hydrogen-bond acceptors (Lipinski definition) is 3. The van der Waals surface area contributed by atoms with Crippen LogP contribution in [0.15, 0.2) is 48.7 Å². The van der Waals surface area contributed by atoms with Crippen molar-refractivity contribution in [2.45, 2.75) is 6.54 Å². The summed E-state index contributed by atoms with van der Waals surface area (Å²) in [6.45, 7) is 0.205. The van der Waals surface area contributed by atoms with Gasteiger partial charge in [-0.3, -0.25) is 9.59 Å². The molecule has 0 saturated heterocycles. The molecule has 0 atom stereocenters. The summed E-state index contributed by atoms with van der Waals surface area (Å²) in [6.07, 6.45) is 1.86. The van der Waals surface area contributed by atoms with Gasteiger partial charge in [-0.05, 0) is 42.5 Å². The first-order valence-electron chi connectivity index (χ1n) is 7.44. The highest BCUT2D eigenvalue weighted by Crippen LogP contribution is 2.29. The molecule has 0 saturated carbocycles. The number of Topliss-reactive ketones (excluding diaryl/α,β-unsaturated/α-hetero) is 1. The van der Waals surface area contributed by atoms with E-state index in [1.165, 1.54) is 0 Å². The minimum atomic E-state index is -0.222. The molecule has 0 fully saturated rings. The molecule has 120 valence electrons. The van der Waals surface area contributed by atoms with Crippen molar-refractivity contribution in [2.24, 2.45) is 0 Å². The van der Waals surface area contributed by atoms with Crippen LogP contribution in [0.3, 0.4) is 0 Å². The Kier molecular flexibility index (Phi) is 3.50. The summed E-state index contributed by atoms with van der Waals surface area (Å²) in [5.41, 5.74) is 2.00. The monoisotopic (exact) mass is 340 g/mol. The predicted molar refractivity (Wildman–Crippen MR) is 91.8 cm³/mol. The summed E-state index contributed by atoms with van der Waals surface area (Å²) in [5.74, 6) is 0.303. The summed E-state index contributed by atoms with van der Waals surface area (Å²) < 4.78 is 7.18. The molecule has 0 aliphatic carbocycles. The second kappa shape index (κ2) is 5.69. The summed E-state index contributed by atoms with van der Waals surface area (Å²) in [7, 11) is 0. The number of anilines is 1. The molecule has 1 aliphatic heterocycles. The van der Waals surface area contributed by atoms with E-state index in [9.17, 15) is 9.59 Å². The lowest BCUT2D eigenvalue weighted by Crippen LogP contribution is -2.25. The molecule has 1 aromatic heterocycles. The molecule has 1 amide bonds. The number of nitrogens with zero attached hydrogens (tertiary/aromatic N) is 1. The number of ether oxygens (including phenoxy) is 1. The molecule has 2 heterocycles. The Bertz CT molecular complexity index is 978. The number of carbonyl (C=O) groups excluding carboxylic acids is 2. The van der Waals surface area contributed by atoms with E-state index in [1.807, 2.05) is 29.0 Å². The van der Waals surface area contributed by atoms with Crippen molar-refractivity contribution < 1.29 is 14.3 Å². The number of aromatic nitrogens is 1. The van der Waals surface area contributed by atoms with Gasteiger partial charge in [0, 0.05) is 27.7 Å². The van der Waals surface area contributed by atoms with Gasteiger partial charge in [0.15, 0.2) is 12.4 Å². The molecule has 4 rings (SSSR count). The van der Waals surface area contributed by atoms with Gasteiger partial charge in [0.05, 0.1) is 12.2 Å². The van der Waals surface area contributed by atoms with Crippen molar-refractivity contribution in [3.05, 3.63) is 59.2 Å². The molecule has 24 heavy (non-hydrogen) atoms.